The molecule has 0 spiro atoms. The van der Waals surface area contributed by atoms with Crippen LogP contribution < -0.4 is 10.6 Å². The van der Waals surface area contributed by atoms with Crippen molar-refractivity contribution in [3.05, 3.63) is 84.4 Å². The first-order valence-corrected chi connectivity index (χ1v) is 16.0. The zero-order valence-electron chi connectivity index (χ0n) is 24.7. The molecule has 4 aromatic heterocycles. The first-order chi connectivity index (χ1) is 22.6. The van der Waals surface area contributed by atoms with Gasteiger partial charge in [-0.05, 0) is 36.1 Å². The Morgan fingerprint density at radius 2 is 1.35 bits per heavy atom. The van der Waals surface area contributed by atoms with Crippen LogP contribution in [0.25, 0.3) is 11.4 Å². The normalized spacial score (nSPS) is 11.0. The second-order valence-electron chi connectivity index (χ2n) is 9.04. The molecule has 2 amide bonds. The Kier molecular flexibility index (Phi) is 16.8. The molecule has 0 aliphatic heterocycles. The smallest absolute Gasteiger partial charge is 0.322 e. The lowest BCUT2D eigenvalue weighted by Gasteiger charge is -2.06. The fourth-order valence-electron chi connectivity index (χ4n) is 3.09. The number of carbonyl (C=O) groups excluding carboxylic acids is 2. The lowest BCUT2D eigenvalue weighted by molar-refractivity contribution is -0.130. The molecule has 0 unspecified atom stereocenters. The Balaban J connectivity index is 0.000000289. The molecule has 4 rings (SSSR count). The molecule has 10 nitrogen and oxygen atoms in total. The second kappa shape index (κ2) is 19.9. The average Bonchev–Trinajstić information content (AvgIpc) is 3.58. The zero-order valence-corrected chi connectivity index (χ0v) is 27.9. The molecule has 0 aliphatic rings. The Bertz CT molecular complexity index is 1590. The maximum absolute atomic E-state index is 12.0. The molecule has 0 saturated heterocycles. The van der Waals surface area contributed by atoms with Gasteiger partial charge in [0.05, 0.1) is 60.4 Å². The summed E-state index contributed by atoms with van der Waals surface area (Å²) < 4.78 is 72.0. The Hall–Kier alpha value is -3.74. The van der Waals surface area contributed by atoms with Crippen molar-refractivity contribution >= 4 is 70.8 Å². The van der Waals surface area contributed by atoms with Crippen molar-refractivity contribution in [2.24, 2.45) is 0 Å². The minimum atomic E-state index is -4.16. The summed E-state index contributed by atoms with van der Waals surface area (Å²) >= 11 is 16.3. The first kappa shape index (κ1) is 40.4. The quantitative estimate of drug-likeness (QED) is 0.0618. The standard InChI is InChI=1S/C14H14ClF3N4OS.C11H9ClN4O.C3H5F3S/c15-13-11(9-22(21-13)10-2-1-5-19-8-10)20-12(23)3-6-24-7-4-14(16,17)18;1-2-10(17)14-9-7-16(15-11(9)12)8-4-3-5-13-6-8;4-3(5,6)1-2-7/h1-2,5,8-9H,3-4,6-7H2,(H,20,23);2-7H,1H2,(H,14,17);7H,1-2H2. The van der Waals surface area contributed by atoms with Crippen molar-refractivity contribution in [2.75, 3.05) is 27.9 Å². The van der Waals surface area contributed by atoms with E-state index in [9.17, 15) is 35.9 Å². The highest BCUT2D eigenvalue weighted by Crippen LogP contribution is 2.24. The van der Waals surface area contributed by atoms with Gasteiger partial charge in [-0.15, -0.1) is 0 Å². The van der Waals surface area contributed by atoms with Gasteiger partial charge in [-0.1, -0.05) is 29.8 Å². The number of rotatable bonds is 11. The predicted molar refractivity (Wildman–Crippen MR) is 177 cm³/mol. The maximum atomic E-state index is 12.0. The largest absolute Gasteiger partial charge is 0.389 e. The van der Waals surface area contributed by atoms with Gasteiger partial charge in [-0.25, -0.2) is 9.36 Å². The van der Waals surface area contributed by atoms with Gasteiger partial charge < -0.3 is 10.6 Å². The number of nitrogens with one attached hydrogen (secondary N) is 2. The van der Waals surface area contributed by atoms with Gasteiger partial charge in [0.1, 0.15) is 0 Å². The number of hydrogen-bond acceptors (Lipinski definition) is 8. The highest BCUT2D eigenvalue weighted by atomic mass is 35.5. The van der Waals surface area contributed by atoms with E-state index in [-0.39, 0.29) is 40.0 Å². The molecule has 0 atom stereocenters. The number of amides is 2. The molecule has 4 aromatic rings. The predicted octanol–water partition coefficient (Wildman–Crippen LogP) is 7.85. The number of thiol groups is 1. The third kappa shape index (κ3) is 15.9. The molecule has 260 valence electrons. The van der Waals surface area contributed by atoms with Gasteiger partial charge in [0.15, 0.2) is 10.3 Å². The van der Waals surface area contributed by atoms with E-state index in [2.05, 4.69) is 50.0 Å². The zero-order chi connectivity index (χ0) is 35.7. The van der Waals surface area contributed by atoms with Gasteiger partial charge in [0.25, 0.3) is 0 Å². The van der Waals surface area contributed by atoms with Crippen molar-refractivity contribution < 1.29 is 35.9 Å². The summed E-state index contributed by atoms with van der Waals surface area (Å²) in [6.45, 7) is 3.36. The molecule has 48 heavy (non-hydrogen) atoms. The highest BCUT2D eigenvalue weighted by molar-refractivity contribution is 7.99. The van der Waals surface area contributed by atoms with Gasteiger partial charge in [0.2, 0.25) is 11.8 Å². The number of thioether (sulfide) groups is 1. The van der Waals surface area contributed by atoms with E-state index in [1.54, 1.807) is 55.4 Å². The molecule has 0 bridgehead atoms. The highest BCUT2D eigenvalue weighted by Gasteiger charge is 2.26. The van der Waals surface area contributed by atoms with Crippen LogP contribution in [0.5, 0.6) is 0 Å². The monoisotopic (exact) mass is 756 g/mol. The fraction of sp³-hybridized carbons (Fsp3) is 0.286. The van der Waals surface area contributed by atoms with Gasteiger partial charge in [-0.3, -0.25) is 19.6 Å². The van der Waals surface area contributed by atoms with E-state index in [1.807, 2.05) is 6.07 Å². The van der Waals surface area contributed by atoms with Gasteiger partial charge in [-0.2, -0.15) is 60.9 Å². The van der Waals surface area contributed by atoms with Crippen molar-refractivity contribution in [3.63, 3.8) is 0 Å². The van der Waals surface area contributed by atoms with Crippen molar-refractivity contribution in [2.45, 2.75) is 31.6 Å². The van der Waals surface area contributed by atoms with Crippen LogP contribution in [0.3, 0.4) is 0 Å². The maximum Gasteiger partial charge on any atom is 0.389 e. The van der Waals surface area contributed by atoms with E-state index in [0.717, 1.165) is 23.5 Å². The molecule has 20 heteroatoms. The minimum Gasteiger partial charge on any atom is -0.322 e. The fourth-order valence-corrected chi connectivity index (χ4v) is 4.61. The Morgan fingerprint density at radius 3 is 1.75 bits per heavy atom. The van der Waals surface area contributed by atoms with Crippen LogP contribution in [-0.4, -0.2) is 71.0 Å². The molecular weight excluding hydrogens is 729 g/mol. The first-order valence-electron chi connectivity index (χ1n) is 13.5. The summed E-state index contributed by atoms with van der Waals surface area (Å²) in [4.78, 5) is 30.9. The third-order valence-corrected chi connectivity index (χ3v) is 7.04. The van der Waals surface area contributed by atoms with E-state index in [0.29, 0.717) is 22.8 Å². The average molecular weight is 758 g/mol. The van der Waals surface area contributed by atoms with Crippen molar-refractivity contribution in [3.8, 4) is 11.4 Å². The lowest BCUT2D eigenvalue weighted by Crippen LogP contribution is -2.13. The molecule has 0 saturated carbocycles. The van der Waals surface area contributed by atoms with E-state index in [4.69, 9.17) is 23.2 Å². The topological polar surface area (TPSA) is 120 Å². The summed E-state index contributed by atoms with van der Waals surface area (Å²) in [5.74, 6) is -0.546. The number of nitrogens with zero attached hydrogens (tertiary/aromatic N) is 6. The summed E-state index contributed by atoms with van der Waals surface area (Å²) in [6.07, 6.45) is 1.09. The van der Waals surface area contributed by atoms with Crippen LogP contribution in [-0.2, 0) is 9.59 Å². The molecule has 0 radical (unpaired) electrons. The summed E-state index contributed by atoms with van der Waals surface area (Å²) in [5.41, 5.74) is 2.21. The molecular formula is C28H28Cl2F6N8O2S2. The van der Waals surface area contributed by atoms with E-state index < -0.39 is 25.2 Å². The van der Waals surface area contributed by atoms with Gasteiger partial charge in [0, 0.05) is 30.3 Å². The minimum absolute atomic E-state index is 0.0591. The number of anilines is 2. The van der Waals surface area contributed by atoms with Crippen LogP contribution in [0.4, 0.5) is 37.7 Å². The molecule has 0 aliphatic carbocycles. The summed E-state index contributed by atoms with van der Waals surface area (Å²) in [7, 11) is 0. The SMILES string of the molecule is C=CC(=O)Nc1cn(-c2cccnc2)nc1Cl.FC(F)(F)CCS.O=C(CCSCCC(F)(F)F)Nc1cn(-c2cccnc2)nc1Cl. The summed E-state index contributed by atoms with van der Waals surface area (Å²) in [5, 5.41) is 13.6. The number of aromatic nitrogens is 6. The third-order valence-electron chi connectivity index (χ3n) is 5.28. The Morgan fingerprint density at radius 1 is 0.854 bits per heavy atom. The van der Waals surface area contributed by atoms with Gasteiger partial charge >= 0.3 is 12.4 Å². The van der Waals surface area contributed by atoms with E-state index in [1.165, 1.54) is 9.36 Å². The summed E-state index contributed by atoms with van der Waals surface area (Å²) in [6, 6.07) is 7.13. The number of halogens is 8. The van der Waals surface area contributed by atoms with E-state index >= 15 is 0 Å². The number of hydrogen-bond donors (Lipinski definition) is 3. The molecule has 0 aromatic carbocycles. The van der Waals surface area contributed by atoms with Crippen LogP contribution in [0.15, 0.2) is 74.1 Å². The van der Waals surface area contributed by atoms with Crippen LogP contribution >= 0.6 is 47.6 Å². The molecule has 4 heterocycles. The molecule has 2 N–H and O–H groups in total. The van der Waals surface area contributed by atoms with Crippen molar-refractivity contribution in [1.29, 1.82) is 0 Å². The van der Waals surface area contributed by atoms with Crippen LogP contribution in [0, 0.1) is 0 Å². The second-order valence-corrected chi connectivity index (χ2v) is 11.4. The number of carbonyl (C=O) groups is 2. The lowest BCUT2D eigenvalue weighted by atomic mass is 10.4. The number of pyridine rings is 2. The van der Waals surface area contributed by atoms with Crippen LogP contribution in [0.1, 0.15) is 19.3 Å². The number of alkyl halides is 6. The molecule has 0 fully saturated rings. The van der Waals surface area contributed by atoms with Crippen LogP contribution in [0.2, 0.25) is 10.3 Å². The van der Waals surface area contributed by atoms with Crippen molar-refractivity contribution in [1.82, 2.24) is 29.5 Å². The Labute approximate surface area is 290 Å².